The number of anilines is 1. The zero-order valence-corrected chi connectivity index (χ0v) is 12.7. The summed E-state index contributed by atoms with van der Waals surface area (Å²) in [5.74, 6) is -0.680. The van der Waals surface area contributed by atoms with E-state index in [9.17, 15) is 13.2 Å². The van der Waals surface area contributed by atoms with Crippen molar-refractivity contribution in [2.24, 2.45) is 5.92 Å². The number of rotatable bonds is 4. The Morgan fingerprint density at radius 3 is 2.48 bits per heavy atom. The first-order valence-corrected chi connectivity index (χ1v) is 8.43. The molecule has 0 radical (unpaired) electrons. The maximum atomic E-state index is 12.4. The molecule has 0 amide bonds. The van der Waals surface area contributed by atoms with E-state index in [1.165, 1.54) is 18.2 Å². The standard InChI is InChI=1S/C14H20N2O4S/c1-9-2-5-11(6-3-9)16-21(19,20)13-8-10(15)4-7-12(13)14(17)18/h4,7-9,11,16H,2-3,5-6,15H2,1H3,(H,17,18). The molecule has 116 valence electrons. The van der Waals surface area contributed by atoms with Crippen LogP contribution in [0.25, 0.3) is 0 Å². The van der Waals surface area contributed by atoms with Crippen LogP contribution in [0.3, 0.4) is 0 Å². The second-order valence-electron chi connectivity index (χ2n) is 5.64. The van der Waals surface area contributed by atoms with Gasteiger partial charge in [-0.05, 0) is 49.8 Å². The second-order valence-corrected chi connectivity index (χ2v) is 7.32. The predicted octanol–water partition coefficient (Wildman–Crippen LogP) is 1.82. The van der Waals surface area contributed by atoms with E-state index in [0.717, 1.165) is 25.7 Å². The quantitative estimate of drug-likeness (QED) is 0.735. The molecular formula is C14H20N2O4S. The topological polar surface area (TPSA) is 109 Å². The fourth-order valence-electron chi connectivity index (χ4n) is 2.60. The van der Waals surface area contributed by atoms with Crippen LogP contribution in [0, 0.1) is 5.92 Å². The molecule has 0 atom stereocenters. The van der Waals surface area contributed by atoms with Gasteiger partial charge in [-0.3, -0.25) is 0 Å². The molecule has 0 aromatic heterocycles. The summed E-state index contributed by atoms with van der Waals surface area (Å²) in [7, 11) is -3.89. The zero-order valence-electron chi connectivity index (χ0n) is 11.9. The van der Waals surface area contributed by atoms with Gasteiger partial charge in [0.1, 0.15) is 0 Å². The van der Waals surface area contributed by atoms with Gasteiger partial charge in [-0.25, -0.2) is 17.9 Å². The Bertz CT molecular complexity index is 634. The monoisotopic (exact) mass is 312 g/mol. The molecule has 1 aromatic carbocycles. The first-order chi connectivity index (χ1) is 9.79. The van der Waals surface area contributed by atoms with Crippen molar-refractivity contribution >= 4 is 21.7 Å². The van der Waals surface area contributed by atoms with Gasteiger partial charge in [0.2, 0.25) is 10.0 Å². The van der Waals surface area contributed by atoms with Gasteiger partial charge >= 0.3 is 5.97 Å². The highest BCUT2D eigenvalue weighted by Crippen LogP contribution is 2.26. The molecular weight excluding hydrogens is 292 g/mol. The Kier molecular flexibility index (Phi) is 4.53. The number of benzene rings is 1. The van der Waals surface area contributed by atoms with Crippen LogP contribution in [-0.4, -0.2) is 25.5 Å². The molecule has 0 aliphatic heterocycles. The van der Waals surface area contributed by atoms with Crippen molar-refractivity contribution in [3.63, 3.8) is 0 Å². The fourth-order valence-corrected chi connectivity index (χ4v) is 4.14. The van der Waals surface area contributed by atoms with Crippen LogP contribution in [0.1, 0.15) is 43.0 Å². The minimum absolute atomic E-state index is 0.144. The number of carboxylic acids is 1. The summed E-state index contributed by atoms with van der Waals surface area (Å²) in [6.45, 7) is 2.14. The number of carbonyl (C=O) groups is 1. The fraction of sp³-hybridized carbons (Fsp3) is 0.500. The molecule has 6 nitrogen and oxygen atoms in total. The van der Waals surface area contributed by atoms with Crippen molar-refractivity contribution in [1.29, 1.82) is 0 Å². The number of hydrogen-bond donors (Lipinski definition) is 3. The van der Waals surface area contributed by atoms with Gasteiger partial charge < -0.3 is 10.8 Å². The number of nitrogens with one attached hydrogen (secondary N) is 1. The molecule has 1 aromatic rings. The maximum Gasteiger partial charge on any atom is 0.337 e. The molecule has 1 aliphatic carbocycles. The van der Waals surface area contributed by atoms with E-state index in [1.54, 1.807) is 0 Å². The third-order valence-corrected chi connectivity index (χ3v) is 5.42. The maximum absolute atomic E-state index is 12.4. The Morgan fingerprint density at radius 1 is 1.29 bits per heavy atom. The van der Waals surface area contributed by atoms with Crippen LogP contribution < -0.4 is 10.5 Å². The highest BCUT2D eigenvalue weighted by atomic mass is 32.2. The van der Waals surface area contributed by atoms with Crippen LogP contribution in [0.4, 0.5) is 5.69 Å². The number of nitrogens with two attached hydrogens (primary N) is 1. The number of aromatic carboxylic acids is 1. The van der Waals surface area contributed by atoms with Crippen molar-refractivity contribution in [2.45, 2.75) is 43.5 Å². The largest absolute Gasteiger partial charge is 0.478 e. The molecule has 2 rings (SSSR count). The summed E-state index contributed by atoms with van der Waals surface area (Å²) in [4.78, 5) is 10.9. The van der Waals surface area contributed by atoms with Gasteiger partial charge in [0.15, 0.2) is 0 Å². The van der Waals surface area contributed by atoms with Crippen LogP contribution in [0.15, 0.2) is 23.1 Å². The summed E-state index contributed by atoms with van der Waals surface area (Å²) in [6.07, 6.45) is 3.47. The summed E-state index contributed by atoms with van der Waals surface area (Å²) >= 11 is 0. The first-order valence-electron chi connectivity index (χ1n) is 6.95. The Hall–Kier alpha value is -1.60. The lowest BCUT2D eigenvalue weighted by Crippen LogP contribution is -2.37. The van der Waals surface area contributed by atoms with Crippen molar-refractivity contribution in [1.82, 2.24) is 4.72 Å². The molecule has 1 saturated carbocycles. The second kappa shape index (κ2) is 6.03. The SMILES string of the molecule is CC1CCC(NS(=O)(=O)c2cc(N)ccc2C(=O)O)CC1. The van der Waals surface area contributed by atoms with Gasteiger partial charge in [-0.1, -0.05) is 6.92 Å². The van der Waals surface area contributed by atoms with E-state index < -0.39 is 16.0 Å². The van der Waals surface area contributed by atoms with E-state index in [1.807, 2.05) is 0 Å². The normalized spacial score (nSPS) is 22.9. The Balaban J connectivity index is 2.27. The molecule has 1 aliphatic rings. The van der Waals surface area contributed by atoms with Gasteiger partial charge in [-0.2, -0.15) is 0 Å². The molecule has 21 heavy (non-hydrogen) atoms. The van der Waals surface area contributed by atoms with Gasteiger partial charge in [0, 0.05) is 11.7 Å². The third kappa shape index (κ3) is 3.74. The van der Waals surface area contributed by atoms with Crippen LogP contribution in [0.2, 0.25) is 0 Å². The predicted molar refractivity (Wildman–Crippen MR) is 79.6 cm³/mol. The average Bonchev–Trinajstić information content (AvgIpc) is 2.41. The highest BCUT2D eigenvalue weighted by molar-refractivity contribution is 7.89. The lowest BCUT2D eigenvalue weighted by atomic mass is 9.88. The lowest BCUT2D eigenvalue weighted by Gasteiger charge is -2.26. The van der Waals surface area contributed by atoms with E-state index in [2.05, 4.69) is 11.6 Å². The summed E-state index contributed by atoms with van der Waals surface area (Å²) in [5.41, 5.74) is 5.55. The van der Waals surface area contributed by atoms with E-state index in [0.29, 0.717) is 5.92 Å². The molecule has 0 bridgehead atoms. The van der Waals surface area contributed by atoms with Crippen LogP contribution in [0.5, 0.6) is 0 Å². The van der Waals surface area contributed by atoms with Crippen LogP contribution >= 0.6 is 0 Å². The van der Waals surface area contributed by atoms with Crippen molar-refractivity contribution in [2.75, 3.05) is 5.73 Å². The summed E-state index contributed by atoms with van der Waals surface area (Å²) < 4.78 is 27.5. The van der Waals surface area contributed by atoms with Gasteiger partial charge in [0.05, 0.1) is 10.5 Å². The van der Waals surface area contributed by atoms with Crippen molar-refractivity contribution in [3.8, 4) is 0 Å². The minimum Gasteiger partial charge on any atom is -0.478 e. The summed E-state index contributed by atoms with van der Waals surface area (Å²) in [5, 5.41) is 9.13. The van der Waals surface area contributed by atoms with Crippen molar-refractivity contribution in [3.05, 3.63) is 23.8 Å². The number of hydrogen-bond acceptors (Lipinski definition) is 4. The smallest absolute Gasteiger partial charge is 0.337 e. The Morgan fingerprint density at radius 2 is 1.90 bits per heavy atom. The van der Waals surface area contributed by atoms with Crippen molar-refractivity contribution < 1.29 is 18.3 Å². The van der Waals surface area contributed by atoms with Gasteiger partial charge in [0.25, 0.3) is 0 Å². The molecule has 1 fully saturated rings. The molecule has 0 unspecified atom stereocenters. The summed E-state index contributed by atoms with van der Waals surface area (Å²) in [6, 6.07) is 3.64. The number of nitrogen functional groups attached to an aromatic ring is 1. The average molecular weight is 312 g/mol. The van der Waals surface area contributed by atoms with E-state index in [4.69, 9.17) is 10.8 Å². The molecule has 0 heterocycles. The van der Waals surface area contributed by atoms with Crippen LogP contribution in [-0.2, 0) is 10.0 Å². The molecule has 0 spiro atoms. The highest BCUT2D eigenvalue weighted by Gasteiger charge is 2.27. The lowest BCUT2D eigenvalue weighted by molar-refractivity contribution is 0.0692. The molecule has 7 heteroatoms. The molecule has 0 saturated heterocycles. The number of sulfonamides is 1. The third-order valence-electron chi connectivity index (χ3n) is 3.86. The molecule has 4 N–H and O–H groups in total. The van der Waals surface area contributed by atoms with E-state index >= 15 is 0 Å². The minimum atomic E-state index is -3.89. The first kappa shape index (κ1) is 15.8. The zero-order chi connectivity index (χ0) is 15.6. The number of carboxylic acid groups (broad SMARTS) is 1. The Labute approximate surface area is 124 Å². The van der Waals surface area contributed by atoms with Gasteiger partial charge in [-0.15, -0.1) is 0 Å². The van der Waals surface area contributed by atoms with E-state index in [-0.39, 0.29) is 22.2 Å².